The Bertz CT molecular complexity index is 1270. The molecule has 4 rings (SSSR count). The SMILES string of the molecule is Cc1cc(C)c(Nc2nc3cc(Cl)ccc3n3cnc(P(=O)(O)O)c23)c(C)c1. The highest BCUT2D eigenvalue weighted by molar-refractivity contribution is 7.60. The third kappa shape index (κ3) is 3.16. The van der Waals surface area contributed by atoms with E-state index >= 15 is 0 Å². The van der Waals surface area contributed by atoms with E-state index in [1.165, 1.54) is 6.33 Å². The van der Waals surface area contributed by atoms with Gasteiger partial charge >= 0.3 is 7.60 Å². The van der Waals surface area contributed by atoms with Crippen LogP contribution in [0.3, 0.4) is 0 Å². The second-order valence-corrected chi connectivity index (χ2v) is 8.77. The summed E-state index contributed by atoms with van der Waals surface area (Å²) in [6.07, 6.45) is 1.39. The minimum Gasteiger partial charge on any atom is -0.338 e. The first-order chi connectivity index (χ1) is 13.1. The maximum Gasteiger partial charge on any atom is 0.376 e. The fourth-order valence-electron chi connectivity index (χ4n) is 3.50. The van der Waals surface area contributed by atoms with Crippen molar-refractivity contribution in [2.75, 3.05) is 5.32 Å². The number of aromatic nitrogens is 3. The zero-order valence-corrected chi connectivity index (χ0v) is 17.1. The van der Waals surface area contributed by atoms with Gasteiger partial charge in [-0.2, -0.15) is 0 Å². The summed E-state index contributed by atoms with van der Waals surface area (Å²) in [5.41, 5.74) is 5.11. The van der Waals surface area contributed by atoms with Crippen LogP contribution in [0.25, 0.3) is 16.6 Å². The Morgan fingerprint density at radius 3 is 2.43 bits per heavy atom. The predicted molar refractivity (Wildman–Crippen MR) is 111 cm³/mol. The molecule has 0 bridgehead atoms. The Hall–Kier alpha value is -2.44. The van der Waals surface area contributed by atoms with Crippen molar-refractivity contribution in [2.24, 2.45) is 0 Å². The number of fused-ring (bicyclic) bond motifs is 3. The summed E-state index contributed by atoms with van der Waals surface area (Å²) in [5, 5.41) is 3.78. The van der Waals surface area contributed by atoms with Gasteiger partial charge in [0, 0.05) is 10.7 Å². The molecule has 0 amide bonds. The predicted octanol–water partition coefficient (Wildman–Crippen LogP) is 4.01. The molecule has 0 aliphatic rings. The molecule has 0 aliphatic heterocycles. The van der Waals surface area contributed by atoms with Crippen molar-refractivity contribution in [1.82, 2.24) is 14.4 Å². The minimum absolute atomic E-state index is 0.238. The summed E-state index contributed by atoms with van der Waals surface area (Å²) in [7, 11) is -4.60. The van der Waals surface area contributed by atoms with Gasteiger partial charge in [0.1, 0.15) is 11.8 Å². The molecule has 0 unspecified atom stereocenters. The second kappa shape index (κ2) is 6.57. The lowest BCUT2D eigenvalue weighted by atomic mass is 10.1. The zero-order chi connectivity index (χ0) is 20.2. The highest BCUT2D eigenvalue weighted by Gasteiger charge is 2.27. The Balaban J connectivity index is 2.05. The standard InChI is InChI=1S/C19H18ClN4O3P/c1-10-6-11(2)16(12(3)7-10)23-18-17-19(28(25,26)27)21-9-24(17)15-5-4-13(20)8-14(15)22-18/h4-9H,1-3H3,(H,22,23)(H2,25,26,27). The van der Waals surface area contributed by atoms with E-state index in [1.54, 1.807) is 22.6 Å². The van der Waals surface area contributed by atoms with Gasteiger partial charge in [-0.1, -0.05) is 29.3 Å². The number of aryl methyl sites for hydroxylation is 3. The molecule has 28 heavy (non-hydrogen) atoms. The number of rotatable bonds is 3. The van der Waals surface area contributed by atoms with E-state index in [-0.39, 0.29) is 11.0 Å². The molecular weight excluding hydrogens is 399 g/mol. The Kier molecular flexibility index (Phi) is 4.43. The first-order valence-corrected chi connectivity index (χ1v) is 10.5. The lowest BCUT2D eigenvalue weighted by Gasteiger charge is -2.16. The summed E-state index contributed by atoms with van der Waals surface area (Å²) in [4.78, 5) is 28.2. The maximum atomic E-state index is 12.0. The lowest BCUT2D eigenvalue weighted by Crippen LogP contribution is -2.10. The van der Waals surface area contributed by atoms with Crippen molar-refractivity contribution in [2.45, 2.75) is 20.8 Å². The summed E-state index contributed by atoms with van der Waals surface area (Å²) in [6, 6.07) is 9.21. The van der Waals surface area contributed by atoms with Gasteiger partial charge < -0.3 is 15.1 Å². The van der Waals surface area contributed by atoms with Gasteiger partial charge in [-0.15, -0.1) is 0 Å². The average molecular weight is 417 g/mol. The summed E-state index contributed by atoms with van der Waals surface area (Å²) in [5.74, 6) is 0.306. The van der Waals surface area contributed by atoms with E-state index in [0.29, 0.717) is 21.9 Å². The second-order valence-electron chi connectivity index (χ2n) is 6.82. The number of hydrogen-bond donors (Lipinski definition) is 3. The molecule has 4 aromatic rings. The fourth-order valence-corrected chi connectivity index (χ4v) is 4.36. The number of nitrogens with zero attached hydrogens (tertiary/aromatic N) is 3. The van der Waals surface area contributed by atoms with Crippen molar-refractivity contribution in [3.8, 4) is 0 Å². The number of halogens is 1. The highest BCUT2D eigenvalue weighted by Crippen LogP contribution is 2.38. The van der Waals surface area contributed by atoms with Crippen LogP contribution in [0.2, 0.25) is 5.02 Å². The van der Waals surface area contributed by atoms with Crippen molar-refractivity contribution < 1.29 is 14.4 Å². The molecule has 2 heterocycles. The average Bonchev–Trinajstić information content (AvgIpc) is 3.03. The number of hydrogen-bond acceptors (Lipinski definition) is 4. The van der Waals surface area contributed by atoms with Crippen molar-refractivity contribution >= 4 is 52.7 Å². The molecular formula is C19H18ClN4O3P. The van der Waals surface area contributed by atoms with Crippen LogP contribution in [0.5, 0.6) is 0 Å². The fraction of sp³-hybridized carbons (Fsp3) is 0.158. The highest BCUT2D eigenvalue weighted by atomic mass is 35.5. The largest absolute Gasteiger partial charge is 0.376 e. The molecule has 7 nitrogen and oxygen atoms in total. The van der Waals surface area contributed by atoms with Gasteiger partial charge in [0.2, 0.25) is 0 Å². The van der Waals surface area contributed by atoms with E-state index < -0.39 is 7.60 Å². The Labute approximate surface area is 166 Å². The molecule has 2 aromatic heterocycles. The molecule has 3 N–H and O–H groups in total. The van der Waals surface area contributed by atoms with Gasteiger partial charge in [-0.05, 0) is 50.1 Å². The van der Waals surface area contributed by atoms with E-state index in [0.717, 1.165) is 22.4 Å². The van der Waals surface area contributed by atoms with Crippen molar-refractivity contribution in [3.63, 3.8) is 0 Å². The van der Waals surface area contributed by atoms with Gasteiger partial charge in [-0.25, -0.2) is 9.97 Å². The third-order valence-corrected chi connectivity index (χ3v) is 5.71. The van der Waals surface area contributed by atoms with Crippen LogP contribution in [-0.2, 0) is 4.57 Å². The van der Waals surface area contributed by atoms with Crippen LogP contribution in [0.1, 0.15) is 16.7 Å². The maximum absolute atomic E-state index is 12.0. The number of benzene rings is 2. The van der Waals surface area contributed by atoms with Crippen LogP contribution < -0.4 is 10.8 Å². The Morgan fingerprint density at radius 1 is 1.11 bits per heavy atom. The van der Waals surface area contributed by atoms with Crippen LogP contribution >= 0.6 is 19.2 Å². The van der Waals surface area contributed by atoms with Crippen LogP contribution in [-0.4, -0.2) is 24.2 Å². The Morgan fingerprint density at radius 2 is 1.79 bits per heavy atom. The molecule has 0 atom stereocenters. The molecule has 9 heteroatoms. The first kappa shape index (κ1) is 18.9. The van der Waals surface area contributed by atoms with Crippen LogP contribution in [0.4, 0.5) is 11.5 Å². The summed E-state index contributed by atoms with van der Waals surface area (Å²) < 4.78 is 13.6. The van der Waals surface area contributed by atoms with Gasteiger partial charge in [0.25, 0.3) is 0 Å². The zero-order valence-electron chi connectivity index (χ0n) is 15.4. The van der Waals surface area contributed by atoms with E-state index in [4.69, 9.17) is 11.6 Å². The summed E-state index contributed by atoms with van der Waals surface area (Å²) >= 11 is 6.12. The normalized spacial score (nSPS) is 12.1. The van der Waals surface area contributed by atoms with Crippen LogP contribution in [0, 0.1) is 20.8 Å². The van der Waals surface area contributed by atoms with E-state index in [1.807, 2.05) is 32.9 Å². The molecule has 0 fully saturated rings. The molecule has 0 aliphatic carbocycles. The summed E-state index contributed by atoms with van der Waals surface area (Å²) in [6.45, 7) is 5.95. The number of anilines is 2. The molecule has 0 saturated heterocycles. The van der Waals surface area contributed by atoms with E-state index in [2.05, 4.69) is 15.3 Å². The van der Waals surface area contributed by atoms with Crippen molar-refractivity contribution in [1.29, 1.82) is 0 Å². The number of imidazole rings is 1. The van der Waals surface area contributed by atoms with Gasteiger partial charge in [0.05, 0.1) is 11.0 Å². The molecule has 144 valence electrons. The third-order valence-electron chi connectivity index (χ3n) is 4.60. The van der Waals surface area contributed by atoms with Gasteiger partial charge in [0.15, 0.2) is 11.3 Å². The first-order valence-electron chi connectivity index (χ1n) is 8.52. The molecule has 2 aromatic carbocycles. The van der Waals surface area contributed by atoms with Crippen molar-refractivity contribution in [3.05, 3.63) is 58.4 Å². The van der Waals surface area contributed by atoms with Crippen LogP contribution in [0.15, 0.2) is 36.7 Å². The number of nitrogens with one attached hydrogen (secondary N) is 1. The molecule has 0 saturated carbocycles. The quantitative estimate of drug-likeness (QED) is 0.436. The smallest absolute Gasteiger partial charge is 0.338 e. The van der Waals surface area contributed by atoms with E-state index in [9.17, 15) is 14.4 Å². The van der Waals surface area contributed by atoms with Gasteiger partial charge in [-0.3, -0.25) is 8.97 Å². The minimum atomic E-state index is -4.60. The molecule has 0 spiro atoms. The topological polar surface area (TPSA) is 99.8 Å². The lowest BCUT2D eigenvalue weighted by molar-refractivity contribution is 0.386. The monoisotopic (exact) mass is 416 g/mol. The molecule has 0 radical (unpaired) electrons.